The van der Waals surface area contributed by atoms with Gasteiger partial charge in [-0.05, 0) is 37.1 Å². The van der Waals surface area contributed by atoms with Gasteiger partial charge in [0.2, 0.25) is 0 Å². The van der Waals surface area contributed by atoms with Gasteiger partial charge in [-0.1, -0.05) is 13.8 Å². The van der Waals surface area contributed by atoms with Gasteiger partial charge < -0.3 is 10.5 Å². The maximum absolute atomic E-state index is 11.9. The van der Waals surface area contributed by atoms with Gasteiger partial charge in [-0.25, -0.2) is 4.79 Å². The van der Waals surface area contributed by atoms with Crippen LogP contribution >= 0.6 is 11.8 Å². The number of primary amides is 1. The quantitative estimate of drug-likeness (QED) is 0.337. The van der Waals surface area contributed by atoms with Gasteiger partial charge in [0.05, 0.1) is 15.4 Å². The molecule has 0 unspecified atom stereocenters. The van der Waals surface area contributed by atoms with Crippen molar-refractivity contribution in [3.8, 4) is 0 Å². The Hall–Kier alpha value is -2.09. The fourth-order valence-electron chi connectivity index (χ4n) is 1.60. The minimum Gasteiger partial charge on any atom is -0.449 e. The summed E-state index contributed by atoms with van der Waals surface area (Å²) in [5.74, 6) is -0.348. The van der Waals surface area contributed by atoms with Gasteiger partial charge in [0, 0.05) is 6.07 Å². The molecule has 0 aliphatic rings. The van der Waals surface area contributed by atoms with Gasteiger partial charge in [-0.2, -0.15) is 0 Å². The van der Waals surface area contributed by atoms with Gasteiger partial charge in [0.25, 0.3) is 11.6 Å². The van der Waals surface area contributed by atoms with Crippen LogP contribution in [0.4, 0.5) is 5.69 Å². The van der Waals surface area contributed by atoms with E-state index in [2.05, 4.69) is 13.8 Å². The lowest BCUT2D eigenvalue weighted by Crippen LogP contribution is -2.30. The third-order valence-corrected chi connectivity index (χ3v) is 4.12. The maximum Gasteiger partial charge on any atom is 0.339 e. The number of thioether (sulfide) groups is 1. The predicted octanol–water partition coefficient (Wildman–Crippen LogP) is 2.76. The monoisotopic (exact) mass is 340 g/mol. The molecule has 0 bridgehead atoms. The molecule has 0 aliphatic heterocycles. The fraction of sp³-hybridized carbons (Fsp3) is 0.467. The highest BCUT2D eigenvalue weighted by atomic mass is 32.2. The van der Waals surface area contributed by atoms with Gasteiger partial charge in [0.15, 0.2) is 6.10 Å². The number of benzene rings is 1. The van der Waals surface area contributed by atoms with Crippen LogP contribution in [0.1, 0.15) is 37.6 Å². The zero-order valence-electron chi connectivity index (χ0n) is 13.3. The summed E-state index contributed by atoms with van der Waals surface area (Å²) in [6.07, 6.45) is -0.163. The van der Waals surface area contributed by atoms with Crippen molar-refractivity contribution in [1.29, 1.82) is 0 Å². The van der Waals surface area contributed by atoms with Crippen LogP contribution in [0.5, 0.6) is 0 Å². The number of amides is 1. The normalized spacial score (nSPS) is 12.0. The molecule has 0 saturated carbocycles. The Morgan fingerprint density at radius 1 is 1.35 bits per heavy atom. The molecule has 0 heterocycles. The second-order valence-electron chi connectivity index (χ2n) is 5.42. The average molecular weight is 340 g/mol. The van der Waals surface area contributed by atoms with Crippen LogP contribution in [0.25, 0.3) is 0 Å². The Labute approximate surface area is 138 Å². The molecule has 1 rings (SSSR count). The molecule has 0 radical (unpaired) electrons. The Kier molecular flexibility index (Phi) is 7.02. The number of carbonyl (C=O) groups excluding carboxylic acids is 2. The van der Waals surface area contributed by atoms with Crippen molar-refractivity contribution in [3.63, 3.8) is 0 Å². The van der Waals surface area contributed by atoms with E-state index >= 15 is 0 Å². The van der Waals surface area contributed by atoms with E-state index in [0.717, 1.165) is 18.2 Å². The number of nitro groups is 1. The van der Waals surface area contributed by atoms with Crippen LogP contribution in [0.3, 0.4) is 0 Å². The van der Waals surface area contributed by atoms with Crippen molar-refractivity contribution in [2.75, 3.05) is 5.75 Å². The third kappa shape index (κ3) is 5.90. The summed E-state index contributed by atoms with van der Waals surface area (Å²) in [5, 5.41) is 11.2. The van der Waals surface area contributed by atoms with Crippen LogP contribution in [0, 0.1) is 16.0 Å². The number of nitrogens with zero attached hydrogens (tertiary/aromatic N) is 1. The molecule has 0 aromatic heterocycles. The highest BCUT2D eigenvalue weighted by Gasteiger charge is 2.21. The second-order valence-corrected chi connectivity index (χ2v) is 6.56. The molecular formula is C15H20N2O5S. The van der Waals surface area contributed by atoms with Crippen LogP contribution in [0.2, 0.25) is 0 Å². The summed E-state index contributed by atoms with van der Waals surface area (Å²) in [6.45, 7) is 5.49. The van der Waals surface area contributed by atoms with Crippen molar-refractivity contribution in [2.45, 2.75) is 38.2 Å². The summed E-state index contributed by atoms with van der Waals surface area (Å²) in [6, 6.07) is 4.13. The Bertz CT molecular complexity index is 604. The first kappa shape index (κ1) is 19.0. The van der Waals surface area contributed by atoms with Gasteiger partial charge in [-0.15, -0.1) is 11.8 Å². The molecule has 0 aliphatic carbocycles. The molecule has 2 N–H and O–H groups in total. The van der Waals surface area contributed by atoms with E-state index in [0.29, 0.717) is 10.8 Å². The van der Waals surface area contributed by atoms with Crippen molar-refractivity contribution in [3.05, 3.63) is 33.9 Å². The molecule has 8 heteroatoms. The summed E-state index contributed by atoms with van der Waals surface area (Å²) in [5.41, 5.74) is 4.88. The molecule has 1 aromatic carbocycles. The smallest absolute Gasteiger partial charge is 0.339 e. The van der Waals surface area contributed by atoms with Gasteiger partial charge in [-0.3, -0.25) is 14.9 Å². The van der Waals surface area contributed by atoms with E-state index in [4.69, 9.17) is 10.5 Å². The highest BCUT2D eigenvalue weighted by Crippen LogP contribution is 2.31. The number of nitro benzene ring substituents is 1. The first-order chi connectivity index (χ1) is 10.7. The molecule has 1 amide bonds. The zero-order chi connectivity index (χ0) is 17.6. The standard InChI is InChI=1S/C15H20N2O5S/c1-9(2)6-7-23-13-5-4-11(8-12(13)17(20)21)15(19)22-10(3)14(16)18/h4-5,8-10H,6-7H2,1-3H3,(H2,16,18)/t10-/m0/s1. The molecule has 1 atom stereocenters. The lowest BCUT2D eigenvalue weighted by Gasteiger charge is -2.10. The Balaban J connectivity index is 2.92. The number of esters is 1. The fourth-order valence-corrected chi connectivity index (χ4v) is 2.86. The van der Waals surface area contributed by atoms with E-state index in [1.165, 1.54) is 30.8 Å². The van der Waals surface area contributed by atoms with Crippen LogP contribution < -0.4 is 5.73 Å². The molecular weight excluding hydrogens is 320 g/mol. The number of nitrogens with two attached hydrogens (primary N) is 1. The zero-order valence-corrected chi connectivity index (χ0v) is 14.1. The number of rotatable bonds is 8. The molecule has 1 aromatic rings. The van der Waals surface area contributed by atoms with Crippen molar-refractivity contribution in [1.82, 2.24) is 0 Å². The van der Waals surface area contributed by atoms with Crippen molar-refractivity contribution >= 4 is 29.3 Å². The first-order valence-corrected chi connectivity index (χ1v) is 8.12. The lowest BCUT2D eigenvalue weighted by molar-refractivity contribution is -0.387. The summed E-state index contributed by atoms with van der Waals surface area (Å²) in [7, 11) is 0. The summed E-state index contributed by atoms with van der Waals surface area (Å²) in [4.78, 5) is 33.9. The van der Waals surface area contributed by atoms with Gasteiger partial charge in [0.1, 0.15) is 0 Å². The number of ether oxygens (including phenoxy) is 1. The average Bonchev–Trinajstić information content (AvgIpc) is 2.46. The summed E-state index contributed by atoms with van der Waals surface area (Å²) < 4.78 is 4.84. The lowest BCUT2D eigenvalue weighted by atomic mass is 10.2. The molecule has 126 valence electrons. The van der Waals surface area contributed by atoms with Crippen LogP contribution in [-0.4, -0.2) is 28.7 Å². The summed E-state index contributed by atoms with van der Waals surface area (Å²) >= 11 is 1.38. The number of hydrogen-bond donors (Lipinski definition) is 1. The minimum atomic E-state index is -1.10. The van der Waals surface area contributed by atoms with Crippen LogP contribution in [0.15, 0.2) is 23.1 Å². The third-order valence-electron chi connectivity index (χ3n) is 3.03. The predicted molar refractivity (Wildman–Crippen MR) is 87.3 cm³/mol. The number of hydrogen-bond acceptors (Lipinski definition) is 6. The van der Waals surface area contributed by atoms with E-state index in [-0.39, 0.29) is 11.3 Å². The van der Waals surface area contributed by atoms with Crippen molar-refractivity contribution < 1.29 is 19.2 Å². The first-order valence-electron chi connectivity index (χ1n) is 7.14. The van der Waals surface area contributed by atoms with E-state index in [1.807, 2.05) is 0 Å². The number of carbonyl (C=O) groups is 2. The molecule has 0 spiro atoms. The second kappa shape index (κ2) is 8.52. The topological polar surface area (TPSA) is 113 Å². The maximum atomic E-state index is 11.9. The SMILES string of the molecule is CC(C)CCSc1ccc(C(=O)O[C@@H](C)C(N)=O)cc1[N+](=O)[O-]. The molecule has 23 heavy (non-hydrogen) atoms. The Morgan fingerprint density at radius 2 is 2.00 bits per heavy atom. The minimum absolute atomic E-state index is 0.0120. The van der Waals surface area contributed by atoms with E-state index < -0.39 is 22.9 Å². The Morgan fingerprint density at radius 3 is 2.52 bits per heavy atom. The molecule has 0 fully saturated rings. The van der Waals surface area contributed by atoms with E-state index in [9.17, 15) is 19.7 Å². The molecule has 0 saturated heterocycles. The van der Waals surface area contributed by atoms with Gasteiger partial charge >= 0.3 is 5.97 Å². The van der Waals surface area contributed by atoms with Crippen LogP contribution in [-0.2, 0) is 9.53 Å². The van der Waals surface area contributed by atoms with Crippen molar-refractivity contribution in [2.24, 2.45) is 11.7 Å². The highest BCUT2D eigenvalue weighted by molar-refractivity contribution is 7.99. The largest absolute Gasteiger partial charge is 0.449 e. The molecule has 7 nitrogen and oxygen atoms in total. The van der Waals surface area contributed by atoms with E-state index in [1.54, 1.807) is 0 Å².